The number of pyridine rings is 1. The van der Waals surface area contributed by atoms with E-state index in [9.17, 15) is 14.7 Å². The van der Waals surface area contributed by atoms with Crippen LogP contribution in [0.1, 0.15) is 25.0 Å². The lowest BCUT2D eigenvalue weighted by Gasteiger charge is -2.36. The molecule has 0 radical (unpaired) electrons. The molecule has 1 saturated heterocycles. The minimum atomic E-state index is -0.477. The number of anilines is 1. The molecule has 0 saturated carbocycles. The van der Waals surface area contributed by atoms with Gasteiger partial charge in [0.2, 0.25) is 5.91 Å². The summed E-state index contributed by atoms with van der Waals surface area (Å²) in [6.45, 7) is 0.305. The summed E-state index contributed by atoms with van der Waals surface area (Å²) in [7, 11) is 0. The summed E-state index contributed by atoms with van der Waals surface area (Å²) in [5.41, 5.74) is 1.43. The number of aliphatic hydroxyl groups excluding tert-OH is 1. The Morgan fingerprint density at radius 3 is 2.63 bits per heavy atom. The first-order valence-corrected chi connectivity index (χ1v) is 10.2. The van der Waals surface area contributed by atoms with Crippen molar-refractivity contribution in [2.45, 2.75) is 43.9 Å². The summed E-state index contributed by atoms with van der Waals surface area (Å²) in [5, 5.41) is 18.2. The number of aromatic nitrogens is 1. The quantitative estimate of drug-likeness (QED) is 0.529. The lowest BCUT2D eigenvalue weighted by molar-refractivity contribution is -0.121. The van der Waals surface area contributed by atoms with E-state index in [1.165, 1.54) is 0 Å². The Morgan fingerprint density at radius 2 is 1.90 bits per heavy atom. The SMILES string of the molecule is O=C(Cc1ccccn1)NCC[C@@H]1CC[C@@H](NC(=O)Nc2ccccc2)[C@H](CO)O1. The Labute approximate surface area is 176 Å². The number of hydrogen-bond donors (Lipinski definition) is 4. The van der Waals surface area contributed by atoms with E-state index in [4.69, 9.17) is 4.74 Å². The minimum Gasteiger partial charge on any atom is -0.394 e. The molecule has 0 spiro atoms. The summed E-state index contributed by atoms with van der Waals surface area (Å²) >= 11 is 0. The molecule has 0 aliphatic carbocycles. The lowest BCUT2D eigenvalue weighted by atomic mass is 9.97. The van der Waals surface area contributed by atoms with E-state index < -0.39 is 6.10 Å². The molecule has 8 heteroatoms. The van der Waals surface area contributed by atoms with E-state index in [2.05, 4.69) is 20.9 Å². The van der Waals surface area contributed by atoms with Gasteiger partial charge in [-0.25, -0.2) is 4.79 Å². The van der Waals surface area contributed by atoms with Crippen molar-refractivity contribution < 1.29 is 19.4 Å². The van der Waals surface area contributed by atoms with Gasteiger partial charge in [-0.1, -0.05) is 24.3 Å². The molecule has 3 rings (SSSR count). The number of urea groups is 1. The Bertz CT molecular complexity index is 803. The maximum atomic E-state index is 12.2. The topological polar surface area (TPSA) is 113 Å². The van der Waals surface area contributed by atoms with Gasteiger partial charge in [-0.3, -0.25) is 9.78 Å². The van der Waals surface area contributed by atoms with Gasteiger partial charge in [-0.05, 0) is 43.5 Å². The average Bonchev–Trinajstić information content (AvgIpc) is 2.76. The zero-order chi connectivity index (χ0) is 21.2. The van der Waals surface area contributed by atoms with Gasteiger partial charge in [-0.2, -0.15) is 0 Å². The number of benzene rings is 1. The molecule has 1 fully saturated rings. The Balaban J connectivity index is 1.38. The number of nitrogens with zero attached hydrogens (tertiary/aromatic N) is 1. The van der Waals surface area contributed by atoms with Crippen LogP contribution < -0.4 is 16.0 Å². The van der Waals surface area contributed by atoms with Gasteiger partial charge in [0.25, 0.3) is 0 Å². The van der Waals surface area contributed by atoms with E-state index in [1.807, 2.05) is 36.4 Å². The summed E-state index contributed by atoms with van der Waals surface area (Å²) in [6.07, 6.45) is 3.43. The molecule has 8 nitrogen and oxygen atoms in total. The Hall–Kier alpha value is -2.97. The molecule has 1 aliphatic heterocycles. The first-order chi connectivity index (χ1) is 14.6. The average molecular weight is 412 g/mol. The van der Waals surface area contributed by atoms with Crippen molar-refractivity contribution >= 4 is 17.6 Å². The minimum absolute atomic E-state index is 0.0764. The lowest BCUT2D eigenvalue weighted by Crippen LogP contribution is -2.52. The van der Waals surface area contributed by atoms with Gasteiger partial charge in [0.15, 0.2) is 0 Å². The van der Waals surface area contributed by atoms with E-state index in [1.54, 1.807) is 18.3 Å². The zero-order valence-electron chi connectivity index (χ0n) is 16.8. The molecule has 3 amide bonds. The van der Waals surface area contributed by atoms with Crippen molar-refractivity contribution in [3.05, 3.63) is 60.4 Å². The smallest absolute Gasteiger partial charge is 0.319 e. The van der Waals surface area contributed by atoms with Crippen LogP contribution in [0.15, 0.2) is 54.7 Å². The molecular formula is C22H28N4O4. The fourth-order valence-corrected chi connectivity index (χ4v) is 3.47. The van der Waals surface area contributed by atoms with Crippen LogP contribution in [0.3, 0.4) is 0 Å². The second-order valence-corrected chi connectivity index (χ2v) is 7.26. The van der Waals surface area contributed by atoms with E-state index >= 15 is 0 Å². The standard InChI is InChI=1S/C22H28N4O4/c27-15-20-19(26-22(29)25-16-6-2-1-3-7-16)10-9-18(30-20)11-13-24-21(28)14-17-8-4-5-12-23-17/h1-8,12,18-20,27H,9-11,13-15H2,(H,24,28)(H2,25,26,29)/t18-,19+,20-/m0/s1. The zero-order valence-corrected chi connectivity index (χ0v) is 16.8. The van der Waals surface area contributed by atoms with Gasteiger partial charge in [0, 0.05) is 24.1 Å². The number of rotatable bonds is 8. The van der Waals surface area contributed by atoms with Gasteiger partial charge >= 0.3 is 6.03 Å². The van der Waals surface area contributed by atoms with Crippen molar-refractivity contribution in [3.63, 3.8) is 0 Å². The number of aliphatic hydroxyl groups is 1. The third-order valence-electron chi connectivity index (χ3n) is 5.00. The number of hydrogen-bond acceptors (Lipinski definition) is 5. The van der Waals surface area contributed by atoms with Gasteiger partial charge in [-0.15, -0.1) is 0 Å². The largest absolute Gasteiger partial charge is 0.394 e. The van der Waals surface area contributed by atoms with Crippen molar-refractivity contribution in [3.8, 4) is 0 Å². The summed E-state index contributed by atoms with van der Waals surface area (Å²) < 4.78 is 5.94. The van der Waals surface area contributed by atoms with Crippen LogP contribution in [0.25, 0.3) is 0 Å². The highest BCUT2D eigenvalue weighted by Crippen LogP contribution is 2.22. The molecular weight excluding hydrogens is 384 g/mol. The second kappa shape index (κ2) is 11.3. The third kappa shape index (κ3) is 6.82. The fourth-order valence-electron chi connectivity index (χ4n) is 3.47. The molecule has 2 aromatic rings. The van der Waals surface area contributed by atoms with Crippen LogP contribution in [0.2, 0.25) is 0 Å². The van der Waals surface area contributed by atoms with Crippen LogP contribution in [0.4, 0.5) is 10.5 Å². The Morgan fingerprint density at radius 1 is 1.10 bits per heavy atom. The molecule has 4 N–H and O–H groups in total. The van der Waals surface area contributed by atoms with Crippen LogP contribution in [-0.2, 0) is 16.0 Å². The van der Waals surface area contributed by atoms with Gasteiger partial charge < -0.3 is 25.8 Å². The van der Waals surface area contributed by atoms with Crippen molar-refractivity contribution in [2.75, 3.05) is 18.5 Å². The van der Waals surface area contributed by atoms with Gasteiger partial charge in [0.05, 0.1) is 25.2 Å². The van der Waals surface area contributed by atoms with Crippen LogP contribution in [-0.4, -0.2) is 53.4 Å². The highest BCUT2D eigenvalue weighted by Gasteiger charge is 2.31. The van der Waals surface area contributed by atoms with Crippen LogP contribution in [0.5, 0.6) is 0 Å². The normalized spacial score (nSPS) is 20.9. The summed E-state index contributed by atoms with van der Waals surface area (Å²) in [5.74, 6) is -0.0830. The molecule has 3 atom stereocenters. The highest BCUT2D eigenvalue weighted by molar-refractivity contribution is 5.89. The number of nitrogens with one attached hydrogen (secondary N) is 3. The molecule has 1 aromatic carbocycles. The predicted molar refractivity (Wildman–Crippen MR) is 113 cm³/mol. The fraction of sp³-hybridized carbons (Fsp3) is 0.409. The highest BCUT2D eigenvalue weighted by atomic mass is 16.5. The number of ether oxygens (including phenoxy) is 1. The molecule has 1 aromatic heterocycles. The van der Waals surface area contributed by atoms with E-state index in [-0.39, 0.29) is 37.1 Å². The van der Waals surface area contributed by atoms with E-state index in [0.717, 1.165) is 12.1 Å². The first kappa shape index (κ1) is 21.7. The monoisotopic (exact) mass is 412 g/mol. The number of para-hydroxylation sites is 1. The molecule has 2 heterocycles. The molecule has 0 bridgehead atoms. The maximum absolute atomic E-state index is 12.2. The Kier molecular flexibility index (Phi) is 8.17. The maximum Gasteiger partial charge on any atom is 0.319 e. The third-order valence-corrected chi connectivity index (χ3v) is 5.00. The van der Waals surface area contributed by atoms with Crippen LogP contribution >= 0.6 is 0 Å². The van der Waals surface area contributed by atoms with E-state index in [0.29, 0.717) is 25.1 Å². The summed E-state index contributed by atoms with van der Waals surface area (Å²) in [4.78, 5) is 28.4. The van der Waals surface area contributed by atoms with Crippen molar-refractivity contribution in [1.82, 2.24) is 15.6 Å². The molecule has 30 heavy (non-hydrogen) atoms. The molecule has 160 valence electrons. The van der Waals surface area contributed by atoms with Crippen molar-refractivity contribution in [1.29, 1.82) is 0 Å². The molecule has 0 unspecified atom stereocenters. The molecule has 1 aliphatic rings. The number of carbonyl (C=O) groups excluding carboxylic acids is 2. The van der Waals surface area contributed by atoms with Gasteiger partial charge in [0.1, 0.15) is 6.10 Å². The number of carbonyl (C=O) groups is 2. The van der Waals surface area contributed by atoms with Crippen molar-refractivity contribution in [2.24, 2.45) is 0 Å². The predicted octanol–water partition coefficient (Wildman–Crippen LogP) is 1.86. The van der Waals surface area contributed by atoms with Crippen LogP contribution in [0, 0.1) is 0 Å². The summed E-state index contributed by atoms with van der Waals surface area (Å²) in [6, 6.07) is 14.1. The first-order valence-electron chi connectivity index (χ1n) is 10.2. The number of amides is 3. The second-order valence-electron chi connectivity index (χ2n) is 7.26.